The minimum atomic E-state index is -0.773. The minimum Gasteiger partial charge on any atom is -0.481 e. The van der Waals surface area contributed by atoms with Crippen LogP contribution >= 0.6 is 0 Å². The van der Waals surface area contributed by atoms with Crippen molar-refractivity contribution in [3.8, 4) is 5.75 Å². The summed E-state index contributed by atoms with van der Waals surface area (Å²) in [6.45, 7) is 2.10. The van der Waals surface area contributed by atoms with Crippen LogP contribution in [0.25, 0.3) is 10.8 Å². The topological polar surface area (TPSA) is 76.7 Å². The fourth-order valence-electron chi connectivity index (χ4n) is 2.71. The number of benzene rings is 3. The molecule has 28 heavy (non-hydrogen) atoms. The third kappa shape index (κ3) is 4.86. The van der Waals surface area contributed by atoms with E-state index in [4.69, 9.17) is 9.47 Å². The first-order valence-corrected chi connectivity index (χ1v) is 8.90. The first-order valence-electron chi connectivity index (χ1n) is 8.90. The second kappa shape index (κ2) is 9.01. The zero-order valence-electron chi connectivity index (χ0n) is 15.8. The Hall–Kier alpha value is -3.38. The lowest BCUT2D eigenvalue weighted by Crippen LogP contribution is -2.47. The number of amides is 2. The zero-order chi connectivity index (χ0) is 19.9. The molecule has 0 aliphatic rings. The Morgan fingerprint density at radius 3 is 2.36 bits per heavy atom. The van der Waals surface area contributed by atoms with Crippen LogP contribution < -0.4 is 15.6 Å². The van der Waals surface area contributed by atoms with Gasteiger partial charge in [0.15, 0.2) is 6.10 Å². The molecule has 3 aromatic carbocycles. The van der Waals surface area contributed by atoms with E-state index in [0.717, 1.165) is 16.3 Å². The van der Waals surface area contributed by atoms with Crippen LogP contribution in [0.2, 0.25) is 0 Å². The number of fused-ring (bicyclic) bond motifs is 1. The van der Waals surface area contributed by atoms with E-state index in [9.17, 15) is 9.59 Å². The highest BCUT2D eigenvalue weighted by atomic mass is 16.5. The summed E-state index contributed by atoms with van der Waals surface area (Å²) in [6.07, 6.45) is -0.773. The van der Waals surface area contributed by atoms with Gasteiger partial charge in [-0.05, 0) is 47.5 Å². The Kier molecular flexibility index (Phi) is 6.24. The molecule has 144 valence electrons. The maximum atomic E-state index is 12.2. The Bertz CT molecular complexity index is 970. The molecule has 2 N–H and O–H groups in total. The molecule has 3 aromatic rings. The average molecular weight is 378 g/mol. The summed E-state index contributed by atoms with van der Waals surface area (Å²) in [7, 11) is 1.61. The van der Waals surface area contributed by atoms with E-state index < -0.39 is 17.9 Å². The van der Waals surface area contributed by atoms with Gasteiger partial charge in [0.2, 0.25) is 0 Å². The molecule has 0 spiro atoms. The average Bonchev–Trinajstić information content (AvgIpc) is 2.72. The summed E-state index contributed by atoms with van der Waals surface area (Å²) in [5.74, 6) is -0.269. The van der Waals surface area contributed by atoms with Crippen LogP contribution in [0, 0.1) is 0 Å². The lowest BCUT2D eigenvalue weighted by molar-refractivity contribution is -0.128. The molecule has 0 aliphatic heterocycles. The molecule has 0 saturated carbocycles. The van der Waals surface area contributed by atoms with Crippen LogP contribution in [-0.4, -0.2) is 25.0 Å². The number of ether oxygens (including phenoxy) is 2. The number of carbonyl (C=O) groups excluding carboxylic acids is 2. The fourth-order valence-corrected chi connectivity index (χ4v) is 2.71. The van der Waals surface area contributed by atoms with E-state index in [-0.39, 0.29) is 0 Å². The second-order valence-electron chi connectivity index (χ2n) is 6.34. The molecule has 0 radical (unpaired) electrons. The van der Waals surface area contributed by atoms with Crippen molar-refractivity contribution in [3.05, 3.63) is 77.9 Å². The van der Waals surface area contributed by atoms with E-state index in [1.165, 1.54) is 0 Å². The van der Waals surface area contributed by atoms with Gasteiger partial charge in [-0.2, -0.15) is 0 Å². The molecule has 1 atom stereocenters. The standard InChI is InChI=1S/C22H22N2O4/c1-15(28-20-12-11-17-5-3-4-6-19(17)13-20)21(25)23-24-22(26)18-9-7-16(8-10-18)14-27-2/h3-13,15H,14H2,1-2H3,(H,23,25)(H,24,26). The number of carbonyl (C=O) groups is 2. The van der Waals surface area contributed by atoms with E-state index >= 15 is 0 Å². The molecule has 0 fully saturated rings. The van der Waals surface area contributed by atoms with E-state index in [2.05, 4.69) is 10.9 Å². The van der Waals surface area contributed by atoms with Crippen molar-refractivity contribution in [2.75, 3.05) is 7.11 Å². The van der Waals surface area contributed by atoms with E-state index in [1.807, 2.05) is 42.5 Å². The Morgan fingerprint density at radius 2 is 1.64 bits per heavy atom. The lowest BCUT2D eigenvalue weighted by atomic mass is 10.1. The van der Waals surface area contributed by atoms with Crippen molar-refractivity contribution >= 4 is 22.6 Å². The Morgan fingerprint density at radius 1 is 0.929 bits per heavy atom. The molecule has 0 aliphatic carbocycles. The molecular weight excluding hydrogens is 356 g/mol. The summed E-state index contributed by atoms with van der Waals surface area (Å²) in [5.41, 5.74) is 6.18. The molecule has 6 heteroatoms. The smallest absolute Gasteiger partial charge is 0.279 e. The van der Waals surface area contributed by atoms with Gasteiger partial charge in [-0.25, -0.2) is 0 Å². The minimum absolute atomic E-state index is 0.407. The van der Waals surface area contributed by atoms with Gasteiger partial charge in [-0.15, -0.1) is 0 Å². The monoisotopic (exact) mass is 378 g/mol. The first-order chi connectivity index (χ1) is 13.6. The number of methoxy groups -OCH3 is 1. The van der Waals surface area contributed by atoms with Crippen molar-refractivity contribution in [2.24, 2.45) is 0 Å². The van der Waals surface area contributed by atoms with Crippen LogP contribution in [0.1, 0.15) is 22.8 Å². The van der Waals surface area contributed by atoms with Crippen LogP contribution in [0.5, 0.6) is 5.75 Å². The van der Waals surface area contributed by atoms with Crippen LogP contribution in [0.15, 0.2) is 66.7 Å². The summed E-state index contributed by atoms with van der Waals surface area (Å²) in [4.78, 5) is 24.4. The SMILES string of the molecule is COCc1ccc(C(=O)NNC(=O)C(C)Oc2ccc3ccccc3c2)cc1. The molecule has 0 saturated heterocycles. The molecule has 3 rings (SSSR count). The zero-order valence-corrected chi connectivity index (χ0v) is 15.8. The van der Waals surface area contributed by atoms with Gasteiger partial charge in [0.05, 0.1) is 6.61 Å². The number of hydrogen-bond acceptors (Lipinski definition) is 4. The van der Waals surface area contributed by atoms with E-state index in [0.29, 0.717) is 17.9 Å². The maximum absolute atomic E-state index is 12.2. The number of hydrazine groups is 1. The van der Waals surface area contributed by atoms with Crippen LogP contribution in [-0.2, 0) is 16.1 Å². The predicted molar refractivity (Wildman–Crippen MR) is 107 cm³/mol. The molecule has 2 amide bonds. The highest BCUT2D eigenvalue weighted by Crippen LogP contribution is 2.21. The fraction of sp³-hybridized carbons (Fsp3) is 0.182. The Balaban J connectivity index is 1.53. The number of hydrogen-bond donors (Lipinski definition) is 2. The largest absolute Gasteiger partial charge is 0.481 e. The van der Waals surface area contributed by atoms with Crippen molar-refractivity contribution in [1.82, 2.24) is 10.9 Å². The van der Waals surface area contributed by atoms with Crippen molar-refractivity contribution in [3.63, 3.8) is 0 Å². The molecule has 1 unspecified atom stereocenters. The molecule has 0 bridgehead atoms. The van der Waals surface area contributed by atoms with Gasteiger partial charge in [0, 0.05) is 12.7 Å². The highest BCUT2D eigenvalue weighted by Gasteiger charge is 2.16. The van der Waals surface area contributed by atoms with Crippen LogP contribution in [0.3, 0.4) is 0 Å². The van der Waals surface area contributed by atoms with Gasteiger partial charge in [0.1, 0.15) is 5.75 Å². The van der Waals surface area contributed by atoms with Gasteiger partial charge < -0.3 is 9.47 Å². The summed E-state index contributed by atoms with van der Waals surface area (Å²) >= 11 is 0. The van der Waals surface area contributed by atoms with E-state index in [1.54, 1.807) is 38.3 Å². The highest BCUT2D eigenvalue weighted by molar-refractivity contribution is 5.95. The molecule has 0 aromatic heterocycles. The lowest BCUT2D eigenvalue weighted by Gasteiger charge is -2.15. The molecule has 0 heterocycles. The van der Waals surface area contributed by atoms with Gasteiger partial charge in [-0.3, -0.25) is 20.4 Å². The Labute approximate surface area is 163 Å². The number of nitrogens with one attached hydrogen (secondary N) is 2. The van der Waals surface area contributed by atoms with Gasteiger partial charge in [0.25, 0.3) is 11.8 Å². The molecule has 6 nitrogen and oxygen atoms in total. The van der Waals surface area contributed by atoms with Crippen LogP contribution in [0.4, 0.5) is 0 Å². The number of rotatable bonds is 6. The predicted octanol–water partition coefficient (Wildman–Crippen LogP) is 3.21. The summed E-state index contributed by atoms with van der Waals surface area (Å²) in [6, 6.07) is 20.5. The normalized spacial score (nSPS) is 11.6. The molecular formula is C22H22N2O4. The van der Waals surface area contributed by atoms with Gasteiger partial charge in [-0.1, -0.05) is 42.5 Å². The maximum Gasteiger partial charge on any atom is 0.279 e. The van der Waals surface area contributed by atoms with Gasteiger partial charge >= 0.3 is 0 Å². The van der Waals surface area contributed by atoms with Crippen molar-refractivity contribution < 1.29 is 19.1 Å². The first kappa shape index (κ1) is 19.4. The van der Waals surface area contributed by atoms with Crippen molar-refractivity contribution in [2.45, 2.75) is 19.6 Å². The summed E-state index contributed by atoms with van der Waals surface area (Å²) in [5, 5.41) is 2.12. The third-order valence-corrected chi connectivity index (χ3v) is 4.23. The summed E-state index contributed by atoms with van der Waals surface area (Å²) < 4.78 is 10.7. The third-order valence-electron chi connectivity index (χ3n) is 4.23. The quantitative estimate of drug-likeness (QED) is 0.646. The van der Waals surface area contributed by atoms with Crippen molar-refractivity contribution in [1.29, 1.82) is 0 Å². The second-order valence-corrected chi connectivity index (χ2v) is 6.34.